The summed E-state index contributed by atoms with van der Waals surface area (Å²) in [6.07, 6.45) is 2.41. The highest BCUT2D eigenvalue weighted by Crippen LogP contribution is 2.25. The molecule has 0 atom stereocenters. The van der Waals surface area contributed by atoms with Crippen molar-refractivity contribution >= 4 is 43.7 Å². The summed E-state index contributed by atoms with van der Waals surface area (Å²) in [5.74, 6) is 0. The molecular formula is C15H10Br2O. The average Bonchev–Trinajstić information content (AvgIpc) is 2.39. The van der Waals surface area contributed by atoms with Gasteiger partial charge in [-0.05, 0) is 47.0 Å². The Bertz CT molecular complexity index is 521. The molecule has 3 heteroatoms. The molecule has 0 saturated carbocycles. The standard InChI is InChI=1S/C15H10Br2O/c16-13-5-1-11(2-6-13)15(9-10-18)12-3-7-14(17)8-4-12/h1-10H. The summed E-state index contributed by atoms with van der Waals surface area (Å²) >= 11 is 6.81. The number of aldehydes is 1. The maximum absolute atomic E-state index is 10.8. The zero-order valence-corrected chi connectivity index (χ0v) is 12.6. The van der Waals surface area contributed by atoms with Gasteiger partial charge in [-0.2, -0.15) is 0 Å². The van der Waals surface area contributed by atoms with Crippen LogP contribution in [0.5, 0.6) is 0 Å². The lowest BCUT2D eigenvalue weighted by Gasteiger charge is -2.07. The molecule has 0 saturated heterocycles. The van der Waals surface area contributed by atoms with Crippen molar-refractivity contribution in [3.8, 4) is 0 Å². The van der Waals surface area contributed by atoms with Crippen molar-refractivity contribution < 1.29 is 4.79 Å². The summed E-state index contributed by atoms with van der Waals surface area (Å²) in [5, 5.41) is 0. The second-order valence-electron chi connectivity index (χ2n) is 3.73. The number of halogens is 2. The van der Waals surface area contributed by atoms with Crippen LogP contribution in [0, 0.1) is 0 Å². The first-order valence-electron chi connectivity index (χ1n) is 5.38. The van der Waals surface area contributed by atoms with Gasteiger partial charge in [0, 0.05) is 8.95 Å². The fourth-order valence-electron chi connectivity index (χ4n) is 1.69. The third-order valence-electron chi connectivity index (χ3n) is 2.55. The molecule has 0 aliphatic rings. The van der Waals surface area contributed by atoms with E-state index in [1.54, 1.807) is 6.08 Å². The average molecular weight is 366 g/mol. The lowest BCUT2D eigenvalue weighted by Crippen LogP contribution is -1.88. The van der Waals surface area contributed by atoms with Gasteiger partial charge >= 0.3 is 0 Å². The maximum Gasteiger partial charge on any atom is 0.143 e. The minimum atomic E-state index is 0.819. The van der Waals surface area contributed by atoms with Crippen LogP contribution in [0.4, 0.5) is 0 Å². The molecule has 0 N–H and O–H groups in total. The van der Waals surface area contributed by atoms with Crippen molar-refractivity contribution in [2.45, 2.75) is 0 Å². The third kappa shape index (κ3) is 3.18. The second kappa shape index (κ2) is 6.12. The fourth-order valence-corrected chi connectivity index (χ4v) is 2.21. The highest BCUT2D eigenvalue weighted by molar-refractivity contribution is 9.10. The van der Waals surface area contributed by atoms with E-state index in [-0.39, 0.29) is 0 Å². The predicted octanol–water partition coefficient (Wildman–Crippen LogP) is 4.84. The molecule has 0 bridgehead atoms. The Morgan fingerprint density at radius 2 is 1.17 bits per heavy atom. The van der Waals surface area contributed by atoms with E-state index in [0.717, 1.165) is 31.9 Å². The summed E-state index contributed by atoms with van der Waals surface area (Å²) < 4.78 is 2.04. The predicted molar refractivity (Wildman–Crippen MR) is 81.4 cm³/mol. The van der Waals surface area contributed by atoms with E-state index in [0.29, 0.717) is 0 Å². The molecule has 0 aliphatic carbocycles. The molecule has 1 nitrogen and oxygen atoms in total. The summed E-state index contributed by atoms with van der Waals surface area (Å²) in [6.45, 7) is 0. The summed E-state index contributed by atoms with van der Waals surface area (Å²) in [6, 6.07) is 15.8. The number of hydrogen-bond acceptors (Lipinski definition) is 1. The van der Waals surface area contributed by atoms with E-state index in [1.807, 2.05) is 48.5 Å². The molecule has 90 valence electrons. The quantitative estimate of drug-likeness (QED) is 0.561. The topological polar surface area (TPSA) is 17.1 Å². The molecule has 0 heterocycles. The Kier molecular flexibility index (Phi) is 4.50. The van der Waals surface area contributed by atoms with E-state index in [2.05, 4.69) is 31.9 Å². The Hall–Kier alpha value is -1.19. The highest BCUT2D eigenvalue weighted by atomic mass is 79.9. The van der Waals surface area contributed by atoms with Crippen molar-refractivity contribution in [3.63, 3.8) is 0 Å². The molecule has 2 aromatic carbocycles. The first-order valence-corrected chi connectivity index (χ1v) is 6.96. The van der Waals surface area contributed by atoms with Crippen molar-refractivity contribution in [1.29, 1.82) is 0 Å². The van der Waals surface area contributed by atoms with Crippen molar-refractivity contribution in [2.75, 3.05) is 0 Å². The van der Waals surface area contributed by atoms with Crippen LogP contribution < -0.4 is 0 Å². The Labute approximate surface area is 123 Å². The smallest absolute Gasteiger partial charge is 0.143 e. The summed E-state index contributed by atoms with van der Waals surface area (Å²) in [5.41, 5.74) is 2.96. The van der Waals surface area contributed by atoms with Crippen LogP contribution >= 0.6 is 31.9 Å². The van der Waals surface area contributed by atoms with Crippen LogP contribution in [0.1, 0.15) is 11.1 Å². The first kappa shape index (κ1) is 13.2. The Morgan fingerprint density at radius 3 is 1.50 bits per heavy atom. The van der Waals surface area contributed by atoms with E-state index < -0.39 is 0 Å². The van der Waals surface area contributed by atoms with Crippen LogP contribution in [0.25, 0.3) is 5.57 Å². The van der Waals surface area contributed by atoms with Gasteiger partial charge in [-0.1, -0.05) is 56.1 Å². The van der Waals surface area contributed by atoms with Gasteiger partial charge in [0.1, 0.15) is 6.29 Å². The Balaban J connectivity index is 2.46. The number of carbonyl (C=O) groups is 1. The third-order valence-corrected chi connectivity index (χ3v) is 3.60. The number of hydrogen-bond donors (Lipinski definition) is 0. The van der Waals surface area contributed by atoms with Crippen LogP contribution in [-0.4, -0.2) is 6.29 Å². The Morgan fingerprint density at radius 1 is 0.778 bits per heavy atom. The summed E-state index contributed by atoms with van der Waals surface area (Å²) in [7, 11) is 0. The molecule has 0 unspecified atom stereocenters. The molecule has 0 spiro atoms. The monoisotopic (exact) mass is 364 g/mol. The maximum atomic E-state index is 10.8. The lowest BCUT2D eigenvalue weighted by atomic mass is 9.98. The van der Waals surface area contributed by atoms with E-state index in [9.17, 15) is 4.79 Å². The van der Waals surface area contributed by atoms with Crippen LogP contribution in [0.2, 0.25) is 0 Å². The highest BCUT2D eigenvalue weighted by Gasteiger charge is 2.04. The van der Waals surface area contributed by atoms with Gasteiger partial charge in [-0.25, -0.2) is 0 Å². The molecule has 0 aromatic heterocycles. The molecule has 2 rings (SSSR count). The molecule has 0 amide bonds. The molecule has 0 aliphatic heterocycles. The van der Waals surface area contributed by atoms with Gasteiger partial charge in [0.15, 0.2) is 0 Å². The number of allylic oxidation sites excluding steroid dienone is 1. The number of benzene rings is 2. The van der Waals surface area contributed by atoms with Gasteiger partial charge in [0.2, 0.25) is 0 Å². The van der Waals surface area contributed by atoms with Crippen molar-refractivity contribution in [1.82, 2.24) is 0 Å². The van der Waals surface area contributed by atoms with E-state index in [1.165, 1.54) is 0 Å². The molecule has 18 heavy (non-hydrogen) atoms. The van der Waals surface area contributed by atoms with Gasteiger partial charge in [-0.3, -0.25) is 4.79 Å². The largest absolute Gasteiger partial charge is 0.299 e. The minimum absolute atomic E-state index is 0.819. The first-order chi connectivity index (χ1) is 8.70. The van der Waals surface area contributed by atoms with Crippen LogP contribution in [-0.2, 0) is 4.79 Å². The zero-order valence-electron chi connectivity index (χ0n) is 9.44. The molecule has 2 aromatic rings. The van der Waals surface area contributed by atoms with Gasteiger partial charge in [0.05, 0.1) is 0 Å². The normalized spacial score (nSPS) is 9.89. The lowest BCUT2D eigenvalue weighted by molar-refractivity contribution is -0.104. The molecule has 0 fully saturated rings. The van der Waals surface area contributed by atoms with Gasteiger partial charge in [-0.15, -0.1) is 0 Å². The van der Waals surface area contributed by atoms with Crippen LogP contribution in [0.3, 0.4) is 0 Å². The molecular weight excluding hydrogens is 356 g/mol. The van der Waals surface area contributed by atoms with Gasteiger partial charge in [0.25, 0.3) is 0 Å². The number of rotatable bonds is 3. The molecule has 0 radical (unpaired) electrons. The number of carbonyl (C=O) groups excluding carboxylic acids is 1. The minimum Gasteiger partial charge on any atom is -0.299 e. The summed E-state index contributed by atoms with van der Waals surface area (Å²) in [4.78, 5) is 10.8. The van der Waals surface area contributed by atoms with Crippen molar-refractivity contribution in [3.05, 3.63) is 74.7 Å². The van der Waals surface area contributed by atoms with E-state index >= 15 is 0 Å². The van der Waals surface area contributed by atoms with E-state index in [4.69, 9.17) is 0 Å². The zero-order chi connectivity index (χ0) is 13.0. The van der Waals surface area contributed by atoms with Crippen molar-refractivity contribution in [2.24, 2.45) is 0 Å². The second-order valence-corrected chi connectivity index (χ2v) is 5.56. The van der Waals surface area contributed by atoms with Crippen LogP contribution in [0.15, 0.2) is 63.6 Å². The SMILES string of the molecule is O=CC=C(c1ccc(Br)cc1)c1ccc(Br)cc1. The fraction of sp³-hybridized carbons (Fsp3) is 0. The van der Waals surface area contributed by atoms with Gasteiger partial charge < -0.3 is 0 Å².